The molecule has 0 fully saturated rings. The van der Waals surface area contributed by atoms with Gasteiger partial charge in [0.05, 0.1) is 0 Å². The van der Waals surface area contributed by atoms with Crippen LogP contribution in [-0.4, -0.2) is 11.5 Å². The third kappa shape index (κ3) is 6.16. The molecule has 0 bridgehead atoms. The van der Waals surface area contributed by atoms with E-state index in [1.807, 2.05) is 33.9 Å². The monoisotopic (exact) mass is 366 g/mol. The molecule has 0 radical (unpaired) electrons. The first-order valence-electron chi connectivity index (χ1n) is 10.6. The van der Waals surface area contributed by atoms with Crippen molar-refractivity contribution in [1.29, 1.82) is 0 Å². The van der Waals surface area contributed by atoms with Gasteiger partial charge in [0, 0.05) is 29.3 Å². The van der Waals surface area contributed by atoms with E-state index < -0.39 is 0 Å². The number of rotatable bonds is 2. The van der Waals surface area contributed by atoms with Crippen LogP contribution in [0.2, 0.25) is 0 Å². The second-order valence-corrected chi connectivity index (χ2v) is 6.46. The zero-order chi connectivity index (χ0) is 20.2. The number of hydrogen-bond acceptors (Lipinski definition) is 1. The fourth-order valence-electron chi connectivity index (χ4n) is 3.14. The second-order valence-electron chi connectivity index (χ2n) is 6.46. The van der Waals surface area contributed by atoms with Gasteiger partial charge >= 0.3 is 0 Å². The average molecular weight is 367 g/mol. The molecule has 0 atom stereocenters. The highest BCUT2D eigenvalue weighted by Gasteiger charge is 2.10. The maximum absolute atomic E-state index is 3.37. The minimum atomic E-state index is 0.649. The first-order chi connectivity index (χ1) is 13.2. The van der Waals surface area contributed by atoms with Gasteiger partial charge in [0.1, 0.15) is 0 Å². The highest BCUT2D eigenvalue weighted by atomic mass is 14.9. The smallest absolute Gasteiger partial charge is 0.0456 e. The number of hydrogen-bond donors (Lipinski definition) is 2. The van der Waals surface area contributed by atoms with E-state index in [0.29, 0.717) is 5.92 Å². The molecule has 1 aliphatic rings. The summed E-state index contributed by atoms with van der Waals surface area (Å²) in [5, 5.41) is 4.72. The van der Waals surface area contributed by atoms with Crippen molar-refractivity contribution in [2.75, 3.05) is 11.9 Å². The van der Waals surface area contributed by atoms with Crippen molar-refractivity contribution in [1.82, 2.24) is 4.98 Å². The van der Waals surface area contributed by atoms with Crippen LogP contribution in [0.5, 0.6) is 0 Å². The zero-order valence-electron chi connectivity index (χ0n) is 18.3. The van der Waals surface area contributed by atoms with Crippen LogP contribution in [0.4, 0.5) is 5.69 Å². The lowest BCUT2D eigenvalue weighted by atomic mass is 10.00. The molecule has 1 aromatic heterocycles. The van der Waals surface area contributed by atoms with Gasteiger partial charge in [0.25, 0.3) is 0 Å². The lowest BCUT2D eigenvalue weighted by Gasteiger charge is -2.07. The van der Waals surface area contributed by atoms with Crippen molar-refractivity contribution in [3.63, 3.8) is 0 Å². The maximum Gasteiger partial charge on any atom is 0.0456 e. The summed E-state index contributed by atoms with van der Waals surface area (Å²) in [5.41, 5.74) is 6.94. The standard InChI is InChI=1S/C11H15N.C10H11N.2C2H6/c1-8(2)9-3-4-11-10(7-9)5-6-12-11;1-2-8-4-3-5-10-9(8)6-7-11-10;2*1-2/h3-4,7-8,12H,5-6H2,1-2H3;3-7,11H,2H2,1H3;2*1-2H3. The number of aromatic nitrogens is 1. The largest absolute Gasteiger partial charge is 0.384 e. The van der Waals surface area contributed by atoms with Gasteiger partial charge in [0.2, 0.25) is 0 Å². The number of aryl methyl sites for hydroxylation is 1. The van der Waals surface area contributed by atoms with Crippen molar-refractivity contribution < 1.29 is 0 Å². The molecule has 2 aromatic carbocycles. The molecule has 2 heteroatoms. The molecule has 3 aromatic rings. The SMILES string of the molecule is CC.CC.CC(C)c1ccc2c(c1)CCN2.CCc1cccc2[nH]ccc12. The van der Waals surface area contributed by atoms with E-state index in [9.17, 15) is 0 Å². The molecule has 1 aliphatic heterocycles. The Morgan fingerprint density at radius 2 is 1.70 bits per heavy atom. The van der Waals surface area contributed by atoms with Crippen LogP contribution in [0, 0.1) is 0 Å². The fourth-order valence-corrected chi connectivity index (χ4v) is 3.14. The summed E-state index contributed by atoms with van der Waals surface area (Å²) in [5.74, 6) is 0.649. The quantitative estimate of drug-likeness (QED) is 0.481. The van der Waals surface area contributed by atoms with Gasteiger partial charge in [-0.05, 0) is 53.6 Å². The summed E-state index contributed by atoms with van der Waals surface area (Å²) in [4.78, 5) is 3.19. The van der Waals surface area contributed by atoms with E-state index in [4.69, 9.17) is 0 Å². The molecule has 0 unspecified atom stereocenters. The third-order valence-corrected chi connectivity index (χ3v) is 4.57. The average Bonchev–Trinajstić information content (AvgIpc) is 3.39. The van der Waals surface area contributed by atoms with E-state index >= 15 is 0 Å². The Morgan fingerprint density at radius 3 is 2.37 bits per heavy atom. The van der Waals surface area contributed by atoms with Crippen LogP contribution in [0.25, 0.3) is 10.9 Å². The van der Waals surface area contributed by atoms with Gasteiger partial charge in [0.15, 0.2) is 0 Å². The van der Waals surface area contributed by atoms with Gasteiger partial charge in [-0.2, -0.15) is 0 Å². The van der Waals surface area contributed by atoms with Crippen LogP contribution in [0.1, 0.15) is 71.1 Å². The number of fused-ring (bicyclic) bond motifs is 2. The Morgan fingerprint density at radius 1 is 0.963 bits per heavy atom. The van der Waals surface area contributed by atoms with Crippen molar-refractivity contribution in [2.45, 2.75) is 67.2 Å². The van der Waals surface area contributed by atoms with Crippen LogP contribution in [0.15, 0.2) is 48.7 Å². The molecule has 0 spiro atoms. The van der Waals surface area contributed by atoms with Crippen LogP contribution >= 0.6 is 0 Å². The lowest BCUT2D eigenvalue weighted by Crippen LogP contribution is -1.90. The van der Waals surface area contributed by atoms with Crippen molar-refractivity contribution in [2.24, 2.45) is 0 Å². The van der Waals surface area contributed by atoms with Gasteiger partial charge in [-0.3, -0.25) is 0 Å². The molecule has 2 N–H and O–H groups in total. The topological polar surface area (TPSA) is 27.8 Å². The molecule has 2 heterocycles. The molecule has 4 rings (SSSR count). The number of nitrogens with one attached hydrogen (secondary N) is 2. The Bertz CT molecular complexity index is 784. The number of benzene rings is 2. The molecule has 2 nitrogen and oxygen atoms in total. The minimum Gasteiger partial charge on any atom is -0.384 e. The molecule has 0 aliphatic carbocycles. The molecule has 0 amide bonds. The molecule has 0 saturated carbocycles. The van der Waals surface area contributed by atoms with Gasteiger partial charge in [-0.1, -0.05) is 72.7 Å². The first kappa shape index (κ1) is 22.8. The summed E-state index contributed by atoms with van der Waals surface area (Å²) in [7, 11) is 0. The highest BCUT2D eigenvalue weighted by molar-refractivity contribution is 5.82. The van der Waals surface area contributed by atoms with E-state index in [1.165, 1.54) is 39.7 Å². The van der Waals surface area contributed by atoms with E-state index in [1.54, 1.807) is 0 Å². The minimum absolute atomic E-state index is 0.649. The van der Waals surface area contributed by atoms with Crippen LogP contribution in [0.3, 0.4) is 0 Å². The molecular formula is C25H38N2. The summed E-state index contributed by atoms with van der Waals surface area (Å²) in [6.07, 6.45) is 4.29. The van der Waals surface area contributed by atoms with Crippen molar-refractivity contribution >= 4 is 16.6 Å². The van der Waals surface area contributed by atoms with Crippen molar-refractivity contribution in [3.05, 3.63) is 65.4 Å². The number of aromatic amines is 1. The Hall–Kier alpha value is -2.22. The third-order valence-electron chi connectivity index (χ3n) is 4.57. The maximum atomic E-state index is 3.37. The number of H-pyrrole nitrogens is 1. The molecular weight excluding hydrogens is 328 g/mol. The Labute approximate surface area is 166 Å². The Balaban J connectivity index is 0.000000229. The van der Waals surface area contributed by atoms with Gasteiger partial charge in [-0.15, -0.1) is 0 Å². The van der Waals surface area contributed by atoms with Crippen LogP contribution < -0.4 is 5.32 Å². The fraction of sp³-hybridized carbons (Fsp3) is 0.440. The lowest BCUT2D eigenvalue weighted by molar-refractivity contribution is 0.864. The predicted octanol–water partition coefficient (Wildman–Crippen LogP) is 7.56. The normalized spacial score (nSPS) is 11.3. The summed E-state index contributed by atoms with van der Waals surface area (Å²) in [6.45, 7) is 15.8. The predicted molar refractivity (Wildman–Crippen MR) is 123 cm³/mol. The molecule has 0 saturated heterocycles. The van der Waals surface area contributed by atoms with E-state index in [2.05, 4.69) is 73.5 Å². The summed E-state index contributed by atoms with van der Waals surface area (Å²) < 4.78 is 0. The van der Waals surface area contributed by atoms with E-state index in [0.717, 1.165) is 13.0 Å². The number of anilines is 1. The Kier molecular flexibility index (Phi) is 10.3. The zero-order valence-corrected chi connectivity index (χ0v) is 18.3. The van der Waals surface area contributed by atoms with Crippen molar-refractivity contribution in [3.8, 4) is 0 Å². The van der Waals surface area contributed by atoms with Gasteiger partial charge in [-0.25, -0.2) is 0 Å². The summed E-state index contributed by atoms with van der Waals surface area (Å²) >= 11 is 0. The highest BCUT2D eigenvalue weighted by Crippen LogP contribution is 2.26. The van der Waals surface area contributed by atoms with Gasteiger partial charge < -0.3 is 10.3 Å². The molecule has 27 heavy (non-hydrogen) atoms. The first-order valence-corrected chi connectivity index (χ1v) is 10.6. The second kappa shape index (κ2) is 12.2. The molecule has 148 valence electrons. The van der Waals surface area contributed by atoms with E-state index in [-0.39, 0.29) is 0 Å². The van der Waals surface area contributed by atoms with Crippen LogP contribution in [-0.2, 0) is 12.8 Å². The summed E-state index contributed by atoms with van der Waals surface area (Å²) in [6, 6.07) is 15.3.